The molecule has 2 nitrogen and oxygen atoms in total. The average molecular weight is 342 g/mol. The van der Waals surface area contributed by atoms with Gasteiger partial charge in [0.1, 0.15) is 5.82 Å². The normalized spacial score (nSPS) is 21.6. The molecule has 1 fully saturated rings. The summed E-state index contributed by atoms with van der Waals surface area (Å²) in [7, 11) is 0. The van der Waals surface area contributed by atoms with Gasteiger partial charge < -0.3 is 5.32 Å². The minimum Gasteiger partial charge on any atom is -0.325 e. The summed E-state index contributed by atoms with van der Waals surface area (Å²) in [5.41, 5.74) is 1.45. The van der Waals surface area contributed by atoms with Crippen molar-refractivity contribution >= 4 is 27.5 Å². The first kappa shape index (κ1) is 15.5. The SMILES string of the molecule is Cc1cc(Br)c(F)cc1NC(=O)C1CCCCC1(C)C. The minimum atomic E-state index is -0.353. The van der Waals surface area contributed by atoms with Gasteiger partial charge in [-0.05, 0) is 58.8 Å². The third-order valence-electron chi connectivity index (χ3n) is 4.35. The van der Waals surface area contributed by atoms with E-state index in [0.29, 0.717) is 10.2 Å². The van der Waals surface area contributed by atoms with E-state index in [4.69, 9.17) is 0 Å². The van der Waals surface area contributed by atoms with E-state index in [1.54, 1.807) is 6.07 Å². The van der Waals surface area contributed by atoms with Gasteiger partial charge in [-0.15, -0.1) is 0 Å². The van der Waals surface area contributed by atoms with E-state index in [9.17, 15) is 9.18 Å². The van der Waals surface area contributed by atoms with Crippen LogP contribution in [0, 0.1) is 24.1 Å². The zero-order valence-electron chi connectivity index (χ0n) is 12.2. The Labute approximate surface area is 128 Å². The van der Waals surface area contributed by atoms with Crippen LogP contribution in [0.1, 0.15) is 45.1 Å². The molecule has 1 aliphatic carbocycles. The first-order valence-corrected chi connectivity index (χ1v) is 7.87. The second kappa shape index (κ2) is 5.84. The highest BCUT2D eigenvalue weighted by Crippen LogP contribution is 2.41. The number of anilines is 1. The van der Waals surface area contributed by atoms with E-state index < -0.39 is 0 Å². The van der Waals surface area contributed by atoms with E-state index in [-0.39, 0.29) is 23.1 Å². The summed E-state index contributed by atoms with van der Waals surface area (Å²) in [5, 5.41) is 2.90. The van der Waals surface area contributed by atoms with Gasteiger partial charge in [0.25, 0.3) is 0 Å². The number of carbonyl (C=O) groups excluding carboxylic acids is 1. The average Bonchev–Trinajstić information content (AvgIpc) is 2.35. The van der Waals surface area contributed by atoms with Crippen molar-refractivity contribution < 1.29 is 9.18 Å². The zero-order chi connectivity index (χ0) is 14.9. The highest BCUT2D eigenvalue weighted by atomic mass is 79.9. The number of hydrogen-bond acceptors (Lipinski definition) is 1. The van der Waals surface area contributed by atoms with Gasteiger partial charge >= 0.3 is 0 Å². The van der Waals surface area contributed by atoms with Crippen molar-refractivity contribution in [1.29, 1.82) is 0 Å². The molecule has 0 bridgehead atoms. The number of rotatable bonds is 2. The van der Waals surface area contributed by atoms with Crippen molar-refractivity contribution in [1.82, 2.24) is 0 Å². The molecule has 1 atom stereocenters. The van der Waals surface area contributed by atoms with Crippen molar-refractivity contribution in [2.75, 3.05) is 5.32 Å². The maximum absolute atomic E-state index is 13.6. The molecule has 1 aromatic carbocycles. The van der Waals surface area contributed by atoms with Crippen molar-refractivity contribution in [2.45, 2.75) is 46.5 Å². The van der Waals surface area contributed by atoms with Crippen LogP contribution in [0.2, 0.25) is 0 Å². The van der Waals surface area contributed by atoms with E-state index in [1.807, 2.05) is 6.92 Å². The molecule has 0 aromatic heterocycles. The highest BCUT2D eigenvalue weighted by Gasteiger charge is 2.37. The van der Waals surface area contributed by atoms with Crippen LogP contribution in [0.15, 0.2) is 16.6 Å². The molecule has 0 saturated heterocycles. The Balaban J connectivity index is 2.17. The Bertz CT molecular complexity index is 527. The van der Waals surface area contributed by atoms with Crippen molar-refractivity contribution in [2.24, 2.45) is 11.3 Å². The Morgan fingerprint density at radius 1 is 1.40 bits per heavy atom. The number of hydrogen-bond donors (Lipinski definition) is 1. The number of nitrogens with one attached hydrogen (secondary N) is 1. The lowest BCUT2D eigenvalue weighted by molar-refractivity contribution is -0.124. The topological polar surface area (TPSA) is 29.1 Å². The van der Waals surface area contributed by atoms with Gasteiger partial charge in [-0.25, -0.2) is 4.39 Å². The molecular formula is C16H21BrFNO. The summed E-state index contributed by atoms with van der Waals surface area (Å²) in [4.78, 5) is 12.5. The van der Waals surface area contributed by atoms with E-state index in [2.05, 4.69) is 35.1 Å². The summed E-state index contributed by atoms with van der Waals surface area (Å²) in [5.74, 6) is -0.337. The van der Waals surface area contributed by atoms with Gasteiger partial charge in [0.15, 0.2) is 0 Å². The Morgan fingerprint density at radius 3 is 2.75 bits per heavy atom. The van der Waals surface area contributed by atoms with Gasteiger partial charge in [-0.1, -0.05) is 26.7 Å². The fraction of sp³-hybridized carbons (Fsp3) is 0.562. The second-order valence-corrected chi connectivity index (χ2v) is 7.21. The van der Waals surface area contributed by atoms with Crippen molar-refractivity contribution in [3.05, 3.63) is 28.0 Å². The molecule has 1 N–H and O–H groups in total. The summed E-state index contributed by atoms with van der Waals surface area (Å²) < 4.78 is 14.0. The maximum Gasteiger partial charge on any atom is 0.228 e. The quantitative estimate of drug-likeness (QED) is 0.800. The summed E-state index contributed by atoms with van der Waals surface area (Å²) >= 11 is 3.15. The molecule has 20 heavy (non-hydrogen) atoms. The molecule has 4 heteroatoms. The van der Waals surface area contributed by atoms with Gasteiger partial charge in [-0.2, -0.15) is 0 Å². The molecule has 0 heterocycles. The highest BCUT2D eigenvalue weighted by molar-refractivity contribution is 9.10. The molecule has 1 aromatic rings. The fourth-order valence-electron chi connectivity index (χ4n) is 2.98. The number of carbonyl (C=O) groups is 1. The lowest BCUT2D eigenvalue weighted by atomic mass is 9.68. The Hall–Kier alpha value is -0.900. The summed E-state index contributed by atoms with van der Waals surface area (Å²) in [6.07, 6.45) is 4.26. The van der Waals surface area contributed by atoms with Crippen LogP contribution in [0.5, 0.6) is 0 Å². The van der Waals surface area contributed by atoms with Crippen LogP contribution in [-0.2, 0) is 4.79 Å². The predicted octanol–water partition coefficient (Wildman–Crippen LogP) is 5.05. The number of amides is 1. The predicted molar refractivity (Wildman–Crippen MR) is 83.2 cm³/mol. The van der Waals surface area contributed by atoms with Gasteiger partial charge in [0.2, 0.25) is 5.91 Å². The van der Waals surface area contributed by atoms with E-state index in [0.717, 1.165) is 24.8 Å². The van der Waals surface area contributed by atoms with Gasteiger partial charge in [0.05, 0.1) is 4.47 Å². The third kappa shape index (κ3) is 3.22. The maximum atomic E-state index is 13.6. The Morgan fingerprint density at radius 2 is 2.10 bits per heavy atom. The van der Waals surface area contributed by atoms with E-state index in [1.165, 1.54) is 12.5 Å². The first-order valence-electron chi connectivity index (χ1n) is 7.08. The largest absolute Gasteiger partial charge is 0.325 e. The number of benzene rings is 1. The summed E-state index contributed by atoms with van der Waals surface area (Å²) in [6, 6.07) is 3.07. The monoisotopic (exact) mass is 341 g/mol. The number of aryl methyl sites for hydroxylation is 1. The lowest BCUT2D eigenvalue weighted by Crippen LogP contribution is -2.37. The van der Waals surface area contributed by atoms with Crippen LogP contribution >= 0.6 is 15.9 Å². The third-order valence-corrected chi connectivity index (χ3v) is 4.96. The van der Waals surface area contributed by atoms with Crippen LogP contribution in [0.3, 0.4) is 0 Å². The molecule has 1 saturated carbocycles. The van der Waals surface area contributed by atoms with Crippen LogP contribution in [0.25, 0.3) is 0 Å². The van der Waals surface area contributed by atoms with Gasteiger partial charge in [0, 0.05) is 11.6 Å². The van der Waals surface area contributed by atoms with Crippen molar-refractivity contribution in [3.63, 3.8) is 0 Å². The second-order valence-electron chi connectivity index (χ2n) is 6.36. The first-order chi connectivity index (χ1) is 9.31. The van der Waals surface area contributed by atoms with Crippen LogP contribution in [-0.4, -0.2) is 5.91 Å². The molecule has 1 amide bonds. The standard InChI is InChI=1S/C16H21BrFNO/c1-10-8-12(17)13(18)9-14(10)19-15(20)11-6-4-5-7-16(11,2)3/h8-9,11H,4-7H2,1-3H3,(H,19,20). The van der Waals surface area contributed by atoms with Gasteiger partial charge in [-0.3, -0.25) is 4.79 Å². The smallest absolute Gasteiger partial charge is 0.228 e. The molecule has 1 aliphatic rings. The molecule has 0 aliphatic heterocycles. The molecule has 1 unspecified atom stereocenters. The molecule has 110 valence electrons. The molecule has 0 radical (unpaired) electrons. The lowest BCUT2D eigenvalue weighted by Gasteiger charge is -2.37. The van der Waals surface area contributed by atoms with Crippen molar-refractivity contribution in [3.8, 4) is 0 Å². The van der Waals surface area contributed by atoms with E-state index >= 15 is 0 Å². The minimum absolute atomic E-state index is 0.00218. The molecule has 2 rings (SSSR count). The van der Waals surface area contributed by atoms with Crippen LogP contribution < -0.4 is 5.32 Å². The Kier molecular flexibility index (Phi) is 4.52. The number of halogens is 2. The molecule has 0 spiro atoms. The summed E-state index contributed by atoms with van der Waals surface area (Å²) in [6.45, 7) is 6.16. The zero-order valence-corrected chi connectivity index (χ0v) is 13.8. The molecular weight excluding hydrogens is 321 g/mol. The van der Waals surface area contributed by atoms with Crippen LogP contribution in [0.4, 0.5) is 10.1 Å². The fourth-order valence-corrected chi connectivity index (χ4v) is 3.44.